The molecule has 0 heterocycles. The molecule has 11 heavy (non-hydrogen) atoms. The SMILES string of the molecule is C=C(NCC=O)C(=O)NC=O. The van der Waals surface area contributed by atoms with Gasteiger partial charge in [0.15, 0.2) is 0 Å². The van der Waals surface area contributed by atoms with E-state index in [9.17, 15) is 14.4 Å². The minimum absolute atomic E-state index is 0.00507. The molecule has 0 atom stereocenters. The largest absolute Gasteiger partial charge is 0.374 e. The molecule has 0 aromatic carbocycles. The fraction of sp³-hybridized carbons (Fsp3) is 0.167. The molecule has 0 bridgehead atoms. The van der Waals surface area contributed by atoms with E-state index in [4.69, 9.17) is 0 Å². The van der Waals surface area contributed by atoms with Crippen LogP contribution < -0.4 is 10.6 Å². The molecule has 2 amide bonds. The van der Waals surface area contributed by atoms with E-state index >= 15 is 0 Å². The standard InChI is InChI=1S/C6H8N2O3/c1-5(7-2-3-9)6(11)8-4-10/h3-4,7H,1-2H2,(H,8,10,11). The summed E-state index contributed by atoms with van der Waals surface area (Å²) < 4.78 is 0. The number of amides is 2. The van der Waals surface area contributed by atoms with Crippen LogP contribution in [0.1, 0.15) is 0 Å². The van der Waals surface area contributed by atoms with E-state index in [1.54, 1.807) is 0 Å². The first kappa shape index (κ1) is 9.35. The smallest absolute Gasteiger partial charge is 0.273 e. The van der Waals surface area contributed by atoms with E-state index < -0.39 is 5.91 Å². The van der Waals surface area contributed by atoms with Gasteiger partial charge in [-0.3, -0.25) is 14.9 Å². The summed E-state index contributed by atoms with van der Waals surface area (Å²) in [4.78, 5) is 30.1. The van der Waals surface area contributed by atoms with Gasteiger partial charge in [-0.05, 0) is 0 Å². The number of aldehydes is 1. The zero-order valence-corrected chi connectivity index (χ0v) is 5.79. The van der Waals surface area contributed by atoms with Gasteiger partial charge in [0.25, 0.3) is 5.91 Å². The van der Waals surface area contributed by atoms with Gasteiger partial charge in [0.05, 0.1) is 12.2 Å². The summed E-state index contributed by atoms with van der Waals surface area (Å²) in [5.41, 5.74) is -0.01000. The average molecular weight is 156 g/mol. The number of nitrogens with one attached hydrogen (secondary N) is 2. The Hall–Kier alpha value is -1.65. The summed E-state index contributed by atoms with van der Waals surface area (Å²) >= 11 is 0. The highest BCUT2D eigenvalue weighted by Crippen LogP contribution is 1.79. The van der Waals surface area contributed by atoms with Crippen LogP contribution in [0, 0.1) is 0 Å². The lowest BCUT2D eigenvalue weighted by Crippen LogP contribution is -2.30. The maximum Gasteiger partial charge on any atom is 0.273 e. The number of rotatable bonds is 5. The fourth-order valence-corrected chi connectivity index (χ4v) is 0.386. The van der Waals surface area contributed by atoms with Crippen molar-refractivity contribution in [2.24, 2.45) is 0 Å². The van der Waals surface area contributed by atoms with Crippen LogP contribution in [-0.4, -0.2) is 25.1 Å². The van der Waals surface area contributed by atoms with Crippen LogP contribution in [0.15, 0.2) is 12.3 Å². The predicted molar refractivity (Wildman–Crippen MR) is 37.4 cm³/mol. The molecule has 2 N–H and O–H groups in total. The number of hydrogen-bond acceptors (Lipinski definition) is 4. The van der Waals surface area contributed by atoms with Gasteiger partial charge in [-0.1, -0.05) is 6.58 Å². The fourth-order valence-electron chi connectivity index (χ4n) is 0.386. The molecule has 0 aliphatic heterocycles. The Bertz CT molecular complexity index is 188. The quantitative estimate of drug-likeness (QED) is 0.377. The van der Waals surface area contributed by atoms with E-state index in [1.165, 1.54) is 0 Å². The Morgan fingerprint density at radius 1 is 1.45 bits per heavy atom. The Morgan fingerprint density at radius 2 is 2.09 bits per heavy atom. The van der Waals surface area contributed by atoms with Gasteiger partial charge in [-0.15, -0.1) is 0 Å². The number of hydrogen-bond donors (Lipinski definition) is 2. The van der Waals surface area contributed by atoms with Gasteiger partial charge >= 0.3 is 0 Å². The Kier molecular flexibility index (Phi) is 4.39. The molecule has 0 aliphatic rings. The zero-order valence-electron chi connectivity index (χ0n) is 5.79. The lowest BCUT2D eigenvalue weighted by Gasteiger charge is -2.02. The van der Waals surface area contributed by atoms with Crippen molar-refractivity contribution in [1.29, 1.82) is 0 Å². The molecular formula is C6H8N2O3. The van der Waals surface area contributed by atoms with Crippen LogP contribution in [0.3, 0.4) is 0 Å². The van der Waals surface area contributed by atoms with Crippen LogP contribution in [-0.2, 0) is 14.4 Å². The van der Waals surface area contributed by atoms with Crippen LogP contribution >= 0.6 is 0 Å². The molecule has 0 aromatic heterocycles. The predicted octanol–water partition coefficient (Wildman–Crippen LogP) is -1.44. The van der Waals surface area contributed by atoms with Gasteiger partial charge in [-0.2, -0.15) is 0 Å². The first-order valence-corrected chi connectivity index (χ1v) is 2.83. The van der Waals surface area contributed by atoms with Gasteiger partial charge in [0, 0.05) is 0 Å². The lowest BCUT2D eigenvalue weighted by atomic mass is 10.4. The highest BCUT2D eigenvalue weighted by Gasteiger charge is 2.02. The van der Waals surface area contributed by atoms with Crippen molar-refractivity contribution < 1.29 is 14.4 Å². The summed E-state index contributed by atoms with van der Waals surface area (Å²) in [5, 5.41) is 4.24. The maximum absolute atomic E-state index is 10.6. The molecule has 0 spiro atoms. The third-order valence-corrected chi connectivity index (χ3v) is 0.863. The molecule has 0 aromatic rings. The normalized spacial score (nSPS) is 8.00. The third-order valence-electron chi connectivity index (χ3n) is 0.863. The molecule has 5 nitrogen and oxygen atoms in total. The number of imide groups is 1. The topological polar surface area (TPSA) is 75.3 Å². The minimum atomic E-state index is -0.637. The summed E-state index contributed by atoms with van der Waals surface area (Å²) in [6, 6.07) is 0. The van der Waals surface area contributed by atoms with Crippen LogP contribution in [0.4, 0.5) is 0 Å². The van der Waals surface area contributed by atoms with Crippen LogP contribution in [0.2, 0.25) is 0 Å². The molecule has 0 aliphatic carbocycles. The molecule has 0 unspecified atom stereocenters. The summed E-state index contributed by atoms with van der Waals surface area (Å²) in [5.74, 6) is -0.637. The lowest BCUT2D eigenvalue weighted by molar-refractivity contribution is -0.122. The summed E-state index contributed by atoms with van der Waals surface area (Å²) in [7, 11) is 0. The van der Waals surface area contributed by atoms with Crippen molar-refractivity contribution in [1.82, 2.24) is 10.6 Å². The van der Waals surface area contributed by atoms with E-state index in [2.05, 4.69) is 11.9 Å². The van der Waals surface area contributed by atoms with Gasteiger partial charge in [0.1, 0.15) is 6.29 Å². The Morgan fingerprint density at radius 3 is 2.55 bits per heavy atom. The summed E-state index contributed by atoms with van der Waals surface area (Å²) in [6.45, 7) is 3.27. The van der Waals surface area contributed by atoms with E-state index in [0.29, 0.717) is 6.29 Å². The first-order chi connectivity index (χ1) is 5.22. The highest BCUT2D eigenvalue weighted by molar-refractivity contribution is 5.98. The molecule has 0 saturated carbocycles. The molecule has 5 heteroatoms. The Labute approximate surface area is 63.5 Å². The van der Waals surface area contributed by atoms with Gasteiger partial charge in [0.2, 0.25) is 6.41 Å². The number of carbonyl (C=O) groups is 3. The van der Waals surface area contributed by atoms with Crippen molar-refractivity contribution in [3.8, 4) is 0 Å². The second kappa shape index (κ2) is 5.16. The first-order valence-electron chi connectivity index (χ1n) is 2.83. The zero-order chi connectivity index (χ0) is 8.69. The maximum atomic E-state index is 10.6. The molecule has 0 fully saturated rings. The van der Waals surface area contributed by atoms with Crippen molar-refractivity contribution >= 4 is 18.6 Å². The minimum Gasteiger partial charge on any atom is -0.374 e. The number of carbonyl (C=O) groups excluding carboxylic acids is 3. The Balaban J connectivity index is 3.72. The van der Waals surface area contributed by atoms with Crippen molar-refractivity contribution in [2.45, 2.75) is 0 Å². The summed E-state index contributed by atoms with van der Waals surface area (Å²) in [6.07, 6.45) is 0.829. The second-order valence-electron chi connectivity index (χ2n) is 1.62. The van der Waals surface area contributed by atoms with Crippen LogP contribution in [0.5, 0.6) is 0 Å². The van der Waals surface area contributed by atoms with E-state index in [1.807, 2.05) is 5.32 Å². The van der Waals surface area contributed by atoms with Crippen molar-refractivity contribution in [3.63, 3.8) is 0 Å². The van der Waals surface area contributed by atoms with Gasteiger partial charge < -0.3 is 10.1 Å². The average Bonchev–Trinajstić information content (AvgIpc) is 2.00. The molecule has 0 radical (unpaired) electrons. The van der Waals surface area contributed by atoms with E-state index in [-0.39, 0.29) is 18.7 Å². The van der Waals surface area contributed by atoms with E-state index in [0.717, 1.165) is 0 Å². The second-order valence-corrected chi connectivity index (χ2v) is 1.62. The molecule has 60 valence electrons. The molecule has 0 saturated heterocycles. The van der Waals surface area contributed by atoms with Crippen LogP contribution in [0.25, 0.3) is 0 Å². The molecular weight excluding hydrogens is 148 g/mol. The third kappa shape index (κ3) is 3.85. The van der Waals surface area contributed by atoms with Crippen molar-refractivity contribution in [3.05, 3.63) is 12.3 Å². The van der Waals surface area contributed by atoms with Crippen molar-refractivity contribution in [2.75, 3.05) is 6.54 Å². The highest BCUT2D eigenvalue weighted by atomic mass is 16.2. The monoisotopic (exact) mass is 156 g/mol. The molecule has 0 rings (SSSR count). The van der Waals surface area contributed by atoms with Gasteiger partial charge in [-0.25, -0.2) is 0 Å².